The number of piperidine rings is 1. The third-order valence-electron chi connectivity index (χ3n) is 7.50. The summed E-state index contributed by atoms with van der Waals surface area (Å²) in [6, 6.07) is 15.2. The smallest absolute Gasteiger partial charge is 0.255 e. The molecule has 4 rings (SSSR count). The first-order valence-electron chi connectivity index (χ1n) is 12.8. The summed E-state index contributed by atoms with van der Waals surface area (Å²) in [4.78, 5) is 40.3. The number of likely N-dealkylation sites (N-methyl/N-ethyl adjacent to an activating group) is 1. The predicted octanol–water partition coefficient (Wildman–Crippen LogP) is 2.94. The largest absolute Gasteiger partial charge is 0.398 e. The maximum absolute atomic E-state index is 13.1. The molecule has 0 spiro atoms. The van der Waals surface area contributed by atoms with Crippen LogP contribution in [-0.2, 0) is 16.1 Å². The Morgan fingerprint density at radius 1 is 1.19 bits per heavy atom. The number of nitrogens with two attached hydrogens (primary N) is 1. The van der Waals surface area contributed by atoms with Gasteiger partial charge in [0.05, 0.1) is 0 Å². The summed E-state index contributed by atoms with van der Waals surface area (Å²) in [5.41, 5.74) is 11.6. The fourth-order valence-corrected chi connectivity index (χ4v) is 5.37. The van der Waals surface area contributed by atoms with Crippen LogP contribution >= 0.6 is 0 Å². The molecule has 1 fully saturated rings. The molecule has 2 heterocycles. The molecular formula is C29H35N5O3. The Morgan fingerprint density at radius 3 is 2.57 bits per heavy atom. The molecule has 8 nitrogen and oxygen atoms in total. The number of hydrogen-bond acceptors (Lipinski definition) is 6. The van der Waals surface area contributed by atoms with Crippen molar-refractivity contribution in [2.75, 3.05) is 26.7 Å². The Balaban J connectivity index is 1.41. The van der Waals surface area contributed by atoms with Crippen molar-refractivity contribution in [1.29, 1.82) is 5.41 Å². The van der Waals surface area contributed by atoms with Crippen LogP contribution in [0, 0.1) is 5.41 Å². The topological polar surface area (TPSA) is 120 Å². The van der Waals surface area contributed by atoms with E-state index in [4.69, 9.17) is 11.1 Å². The molecule has 0 aliphatic carbocycles. The van der Waals surface area contributed by atoms with Crippen molar-refractivity contribution in [1.82, 2.24) is 15.1 Å². The number of nitrogens with zero attached hydrogens (tertiary/aromatic N) is 2. The molecule has 4 N–H and O–H groups in total. The van der Waals surface area contributed by atoms with Crippen LogP contribution in [0.3, 0.4) is 0 Å². The number of hydrogen-bond donors (Lipinski definition) is 3. The van der Waals surface area contributed by atoms with Gasteiger partial charge in [-0.15, -0.1) is 0 Å². The van der Waals surface area contributed by atoms with Crippen LogP contribution in [0.25, 0.3) is 5.70 Å². The summed E-state index contributed by atoms with van der Waals surface area (Å²) < 4.78 is 0. The first kappa shape index (κ1) is 26.3. The number of carbonyl (C=O) groups is 3. The lowest BCUT2D eigenvalue weighted by Crippen LogP contribution is -2.46. The zero-order valence-electron chi connectivity index (χ0n) is 21.3. The molecule has 2 aromatic carbocycles. The quantitative estimate of drug-likeness (QED) is 0.342. The number of rotatable bonds is 10. The van der Waals surface area contributed by atoms with Gasteiger partial charge in [0.2, 0.25) is 5.91 Å². The first-order valence-corrected chi connectivity index (χ1v) is 12.8. The summed E-state index contributed by atoms with van der Waals surface area (Å²) in [6.07, 6.45) is 4.65. The summed E-state index contributed by atoms with van der Waals surface area (Å²) in [5.74, 6) is -0.0194. The fraction of sp³-hybridized carbons (Fsp3) is 0.379. The third kappa shape index (κ3) is 5.80. The van der Waals surface area contributed by atoms with Crippen molar-refractivity contribution in [3.8, 4) is 0 Å². The third-order valence-corrected chi connectivity index (χ3v) is 7.50. The second-order valence-electron chi connectivity index (χ2n) is 9.72. The maximum atomic E-state index is 13.1. The molecule has 1 atom stereocenters. The summed E-state index contributed by atoms with van der Waals surface area (Å²) in [6.45, 7) is 2.82. The van der Waals surface area contributed by atoms with Gasteiger partial charge < -0.3 is 26.2 Å². The van der Waals surface area contributed by atoms with Gasteiger partial charge in [-0.05, 0) is 61.0 Å². The highest BCUT2D eigenvalue weighted by Crippen LogP contribution is 2.33. The highest BCUT2D eigenvalue weighted by atomic mass is 16.2. The van der Waals surface area contributed by atoms with E-state index in [1.165, 1.54) is 11.8 Å². The zero-order valence-corrected chi connectivity index (χ0v) is 21.3. The van der Waals surface area contributed by atoms with Gasteiger partial charge in [-0.25, -0.2) is 0 Å². The minimum absolute atomic E-state index is 0.155. The minimum Gasteiger partial charge on any atom is -0.398 e. The molecule has 0 aromatic heterocycles. The predicted molar refractivity (Wildman–Crippen MR) is 144 cm³/mol. The van der Waals surface area contributed by atoms with E-state index in [0.29, 0.717) is 36.7 Å². The lowest BCUT2D eigenvalue weighted by Gasteiger charge is -2.32. The number of nitrogens with one attached hydrogen (secondary N) is 2. The van der Waals surface area contributed by atoms with E-state index in [1.54, 1.807) is 11.9 Å². The van der Waals surface area contributed by atoms with Crippen LogP contribution in [0.15, 0.2) is 54.1 Å². The molecular weight excluding hydrogens is 466 g/mol. The number of aldehydes is 1. The van der Waals surface area contributed by atoms with E-state index in [-0.39, 0.29) is 18.2 Å². The Labute approximate surface area is 218 Å². The zero-order chi connectivity index (χ0) is 26.4. The van der Waals surface area contributed by atoms with Crippen LogP contribution in [0.2, 0.25) is 0 Å². The standard InChI is InChI=1S/C29H35N5O3/c1-32-28(36)26(8-5-15-35)34-19-23-16-22(9-10-25(23)29(34)37)20-11-13-33(14-12-20)18-24(17-30)27(31)21-6-3-2-4-7-21/h2-4,6-7,9-10,15-17,20,26,30H,5,8,11-14,18-19,31H2,1H3,(H,32,36). The fourth-order valence-electron chi connectivity index (χ4n) is 5.37. The van der Waals surface area contributed by atoms with E-state index in [2.05, 4.69) is 16.3 Å². The van der Waals surface area contributed by atoms with Crippen LogP contribution in [0.1, 0.15) is 58.6 Å². The Bertz CT molecular complexity index is 1190. The molecule has 194 valence electrons. The van der Waals surface area contributed by atoms with Gasteiger partial charge >= 0.3 is 0 Å². The monoisotopic (exact) mass is 501 g/mol. The van der Waals surface area contributed by atoms with Crippen molar-refractivity contribution in [3.63, 3.8) is 0 Å². The molecule has 8 heteroatoms. The number of carbonyl (C=O) groups excluding carboxylic acids is 3. The molecule has 0 radical (unpaired) electrons. The summed E-state index contributed by atoms with van der Waals surface area (Å²) in [5, 5.41) is 10.5. The first-order chi connectivity index (χ1) is 18.0. The maximum Gasteiger partial charge on any atom is 0.255 e. The van der Waals surface area contributed by atoms with E-state index >= 15 is 0 Å². The second kappa shape index (κ2) is 12.0. The minimum atomic E-state index is -0.652. The van der Waals surface area contributed by atoms with Gasteiger partial charge in [0.25, 0.3) is 5.91 Å². The second-order valence-corrected chi connectivity index (χ2v) is 9.72. The van der Waals surface area contributed by atoms with E-state index in [1.807, 2.05) is 42.5 Å². The molecule has 2 aromatic rings. The molecule has 2 aliphatic rings. The van der Waals surface area contributed by atoms with Crippen LogP contribution in [0.5, 0.6) is 0 Å². The SMILES string of the molecule is CNC(=O)C(CCC=O)N1Cc2cc(C3CCN(CC(C=N)=C(N)c4ccccc4)CC3)ccc2C1=O. The van der Waals surface area contributed by atoms with E-state index < -0.39 is 6.04 Å². The normalized spacial score (nSPS) is 17.6. The van der Waals surface area contributed by atoms with Crippen molar-refractivity contribution < 1.29 is 14.4 Å². The number of likely N-dealkylation sites (tertiary alicyclic amines) is 1. The van der Waals surface area contributed by atoms with Gasteiger partial charge in [-0.3, -0.25) is 14.5 Å². The molecule has 0 saturated carbocycles. The summed E-state index contributed by atoms with van der Waals surface area (Å²) >= 11 is 0. The Morgan fingerprint density at radius 2 is 1.92 bits per heavy atom. The number of fused-ring (bicyclic) bond motifs is 1. The van der Waals surface area contributed by atoms with Crippen molar-refractivity contribution in [2.45, 2.75) is 44.2 Å². The van der Waals surface area contributed by atoms with Gasteiger partial charge in [0, 0.05) is 49.6 Å². The van der Waals surface area contributed by atoms with Crippen LogP contribution < -0.4 is 11.1 Å². The van der Waals surface area contributed by atoms with Crippen molar-refractivity contribution >= 4 is 30.0 Å². The number of benzene rings is 2. The average Bonchev–Trinajstić information content (AvgIpc) is 3.27. The van der Waals surface area contributed by atoms with Crippen molar-refractivity contribution in [3.05, 3.63) is 76.4 Å². The van der Waals surface area contributed by atoms with Gasteiger partial charge in [-0.1, -0.05) is 42.5 Å². The molecule has 2 aliphatic heterocycles. The van der Waals surface area contributed by atoms with E-state index in [0.717, 1.165) is 48.9 Å². The van der Waals surface area contributed by atoms with Gasteiger partial charge in [0.1, 0.15) is 12.3 Å². The molecule has 37 heavy (non-hydrogen) atoms. The Hall–Kier alpha value is -3.78. The average molecular weight is 502 g/mol. The molecule has 1 unspecified atom stereocenters. The highest BCUT2D eigenvalue weighted by Gasteiger charge is 2.36. The lowest BCUT2D eigenvalue weighted by molar-refractivity contribution is -0.125. The van der Waals surface area contributed by atoms with Crippen molar-refractivity contribution in [2.24, 2.45) is 5.73 Å². The molecule has 2 amide bonds. The Kier molecular flexibility index (Phi) is 8.50. The van der Waals surface area contributed by atoms with Crippen LogP contribution in [-0.4, -0.2) is 66.8 Å². The van der Waals surface area contributed by atoms with Gasteiger partial charge in [0.15, 0.2) is 0 Å². The van der Waals surface area contributed by atoms with Gasteiger partial charge in [-0.2, -0.15) is 0 Å². The molecule has 0 bridgehead atoms. The summed E-state index contributed by atoms with van der Waals surface area (Å²) in [7, 11) is 1.55. The number of amides is 2. The van der Waals surface area contributed by atoms with E-state index in [9.17, 15) is 14.4 Å². The molecule has 1 saturated heterocycles. The lowest BCUT2D eigenvalue weighted by atomic mass is 9.87. The van der Waals surface area contributed by atoms with Crippen LogP contribution in [0.4, 0.5) is 0 Å². The highest BCUT2D eigenvalue weighted by molar-refractivity contribution is 6.01.